The van der Waals surface area contributed by atoms with Gasteiger partial charge in [0, 0.05) is 57.3 Å². The summed E-state index contributed by atoms with van der Waals surface area (Å²) in [7, 11) is 0. The molecule has 2 aliphatic heterocycles. The van der Waals surface area contributed by atoms with Gasteiger partial charge in [0.2, 0.25) is 5.91 Å². The Kier molecular flexibility index (Phi) is 7.87. The van der Waals surface area contributed by atoms with Crippen molar-refractivity contribution in [1.29, 1.82) is 0 Å². The highest BCUT2D eigenvalue weighted by molar-refractivity contribution is 5.80. The molecule has 0 aromatic heterocycles. The van der Waals surface area contributed by atoms with E-state index in [4.69, 9.17) is 4.99 Å². The minimum atomic E-state index is -0.562. The molecule has 30 heavy (non-hydrogen) atoms. The van der Waals surface area contributed by atoms with Crippen LogP contribution < -0.4 is 15.5 Å². The summed E-state index contributed by atoms with van der Waals surface area (Å²) in [5.41, 5.74) is 0.434. The first-order valence-corrected chi connectivity index (χ1v) is 11.1. The molecule has 2 fully saturated rings. The number of anilines is 1. The van der Waals surface area contributed by atoms with Crippen molar-refractivity contribution in [3.63, 3.8) is 0 Å². The van der Waals surface area contributed by atoms with E-state index in [1.165, 1.54) is 12.1 Å². The van der Waals surface area contributed by atoms with E-state index in [2.05, 4.69) is 17.6 Å². The number of amides is 1. The minimum Gasteiger partial charge on any atom is -0.367 e. The Morgan fingerprint density at radius 2 is 2.13 bits per heavy atom. The molecular formula is C22H33F2N5O. The second kappa shape index (κ2) is 10.6. The first kappa shape index (κ1) is 22.3. The smallest absolute Gasteiger partial charge is 0.222 e. The maximum atomic E-state index is 14.1. The summed E-state index contributed by atoms with van der Waals surface area (Å²) in [6.07, 6.45) is 4.25. The molecule has 1 amide bonds. The van der Waals surface area contributed by atoms with Gasteiger partial charge < -0.3 is 20.4 Å². The first-order valence-electron chi connectivity index (χ1n) is 11.1. The Morgan fingerprint density at radius 3 is 2.80 bits per heavy atom. The molecule has 2 heterocycles. The number of rotatable bonds is 8. The number of hydrogen-bond donors (Lipinski definition) is 2. The van der Waals surface area contributed by atoms with E-state index >= 15 is 0 Å². The van der Waals surface area contributed by atoms with Crippen LogP contribution in [0.3, 0.4) is 0 Å². The van der Waals surface area contributed by atoms with Crippen LogP contribution >= 0.6 is 0 Å². The van der Waals surface area contributed by atoms with Gasteiger partial charge in [-0.2, -0.15) is 0 Å². The Morgan fingerprint density at radius 1 is 1.30 bits per heavy atom. The molecule has 0 saturated carbocycles. The van der Waals surface area contributed by atoms with E-state index in [9.17, 15) is 13.6 Å². The average molecular weight is 422 g/mol. The molecule has 0 aliphatic carbocycles. The van der Waals surface area contributed by atoms with Crippen molar-refractivity contribution in [3.05, 3.63) is 29.8 Å². The van der Waals surface area contributed by atoms with Gasteiger partial charge in [-0.1, -0.05) is 6.92 Å². The Balaban J connectivity index is 1.54. The molecule has 2 unspecified atom stereocenters. The molecule has 2 atom stereocenters. The molecule has 2 saturated heterocycles. The first-order chi connectivity index (χ1) is 14.5. The van der Waals surface area contributed by atoms with Crippen LogP contribution in [0.25, 0.3) is 0 Å². The van der Waals surface area contributed by atoms with Crippen molar-refractivity contribution in [2.75, 3.05) is 37.6 Å². The van der Waals surface area contributed by atoms with Crippen LogP contribution in [-0.4, -0.2) is 61.6 Å². The largest absolute Gasteiger partial charge is 0.367 e. The fourth-order valence-corrected chi connectivity index (χ4v) is 4.31. The van der Waals surface area contributed by atoms with Gasteiger partial charge in [0.25, 0.3) is 0 Å². The second-order valence-corrected chi connectivity index (χ2v) is 7.97. The molecule has 3 rings (SSSR count). The standard InChI is InChI=1S/C22H33F2N5O/c1-3-18(29-12-5-6-21(29)30)9-11-26-22(25-4-2)27-17-10-13-28(15-17)20-8-7-16(23)14-19(20)24/h7-8,14,17-18H,3-6,9-13,15H2,1-2H3,(H2,25,26,27). The summed E-state index contributed by atoms with van der Waals surface area (Å²) in [5.74, 6) is -0.0903. The lowest BCUT2D eigenvalue weighted by molar-refractivity contribution is -0.129. The molecule has 2 aliphatic rings. The van der Waals surface area contributed by atoms with Crippen LogP contribution in [0.1, 0.15) is 46.0 Å². The highest BCUT2D eigenvalue weighted by Crippen LogP contribution is 2.24. The van der Waals surface area contributed by atoms with Crippen molar-refractivity contribution in [1.82, 2.24) is 15.5 Å². The lowest BCUT2D eigenvalue weighted by Gasteiger charge is -2.26. The number of nitrogens with one attached hydrogen (secondary N) is 2. The highest BCUT2D eigenvalue weighted by Gasteiger charge is 2.27. The number of aliphatic imine (C=N–C) groups is 1. The predicted octanol–water partition coefficient (Wildman–Crippen LogP) is 2.89. The minimum absolute atomic E-state index is 0.134. The van der Waals surface area contributed by atoms with Crippen LogP contribution in [0, 0.1) is 11.6 Å². The van der Waals surface area contributed by atoms with Gasteiger partial charge in [-0.05, 0) is 44.7 Å². The van der Waals surface area contributed by atoms with Crippen LogP contribution in [0.4, 0.5) is 14.5 Å². The fourth-order valence-electron chi connectivity index (χ4n) is 4.31. The second-order valence-electron chi connectivity index (χ2n) is 7.97. The maximum Gasteiger partial charge on any atom is 0.222 e. The van der Waals surface area contributed by atoms with Gasteiger partial charge in [0.05, 0.1) is 5.69 Å². The zero-order valence-corrected chi connectivity index (χ0v) is 18.0. The summed E-state index contributed by atoms with van der Waals surface area (Å²) >= 11 is 0. The highest BCUT2D eigenvalue weighted by atomic mass is 19.1. The Bertz CT molecular complexity index is 757. The topological polar surface area (TPSA) is 60.0 Å². The summed E-state index contributed by atoms with van der Waals surface area (Å²) in [5, 5.41) is 6.71. The number of guanidine groups is 1. The molecule has 8 heteroatoms. The van der Waals surface area contributed by atoms with Gasteiger partial charge in [-0.3, -0.25) is 9.79 Å². The van der Waals surface area contributed by atoms with Crippen LogP contribution in [0.15, 0.2) is 23.2 Å². The molecule has 0 radical (unpaired) electrons. The Hall–Kier alpha value is -2.38. The number of carbonyl (C=O) groups is 1. The van der Waals surface area contributed by atoms with Crippen LogP contribution in [0.2, 0.25) is 0 Å². The summed E-state index contributed by atoms with van der Waals surface area (Å²) < 4.78 is 27.3. The normalized spacial score (nSPS) is 20.7. The third kappa shape index (κ3) is 5.61. The van der Waals surface area contributed by atoms with Gasteiger partial charge >= 0.3 is 0 Å². The van der Waals surface area contributed by atoms with E-state index in [1.807, 2.05) is 16.7 Å². The average Bonchev–Trinajstić information content (AvgIpc) is 3.34. The summed E-state index contributed by atoms with van der Waals surface area (Å²) in [6, 6.07) is 4.10. The molecular weight excluding hydrogens is 388 g/mol. The molecule has 1 aromatic rings. The monoisotopic (exact) mass is 421 g/mol. The number of nitrogens with zero attached hydrogens (tertiary/aromatic N) is 3. The molecule has 0 bridgehead atoms. The third-order valence-corrected chi connectivity index (χ3v) is 5.88. The number of benzene rings is 1. The van der Waals surface area contributed by atoms with Gasteiger partial charge in [-0.15, -0.1) is 0 Å². The van der Waals surface area contributed by atoms with Crippen LogP contribution in [-0.2, 0) is 4.79 Å². The number of hydrogen-bond acceptors (Lipinski definition) is 3. The molecule has 166 valence electrons. The van der Waals surface area contributed by atoms with Crippen molar-refractivity contribution in [2.45, 2.75) is 58.0 Å². The molecule has 0 spiro atoms. The lowest BCUT2D eigenvalue weighted by atomic mass is 10.1. The summed E-state index contributed by atoms with van der Waals surface area (Å²) in [4.78, 5) is 20.6. The Labute approximate surface area is 177 Å². The molecule has 6 nitrogen and oxygen atoms in total. The molecule has 1 aromatic carbocycles. The van der Waals surface area contributed by atoms with E-state index in [1.54, 1.807) is 0 Å². The third-order valence-electron chi connectivity index (χ3n) is 5.88. The van der Waals surface area contributed by atoms with Gasteiger partial charge in [0.1, 0.15) is 11.6 Å². The van der Waals surface area contributed by atoms with E-state index in [-0.39, 0.29) is 18.0 Å². The zero-order chi connectivity index (χ0) is 21.5. The zero-order valence-electron chi connectivity index (χ0n) is 18.0. The van der Waals surface area contributed by atoms with Crippen molar-refractivity contribution >= 4 is 17.6 Å². The SMILES string of the molecule is CCNC(=NCCC(CC)N1CCCC1=O)NC1CCN(c2ccc(F)cc2F)C1. The van der Waals surface area contributed by atoms with Crippen molar-refractivity contribution in [2.24, 2.45) is 4.99 Å². The van der Waals surface area contributed by atoms with Crippen LogP contribution in [0.5, 0.6) is 0 Å². The van der Waals surface area contributed by atoms with E-state index in [0.29, 0.717) is 31.7 Å². The van der Waals surface area contributed by atoms with Gasteiger partial charge in [0.15, 0.2) is 5.96 Å². The number of halogens is 2. The maximum absolute atomic E-state index is 14.1. The predicted molar refractivity (Wildman–Crippen MR) is 116 cm³/mol. The number of carbonyl (C=O) groups excluding carboxylic acids is 1. The van der Waals surface area contributed by atoms with Gasteiger partial charge in [-0.25, -0.2) is 8.78 Å². The van der Waals surface area contributed by atoms with Crippen molar-refractivity contribution < 1.29 is 13.6 Å². The molecule has 2 N–H and O–H groups in total. The summed E-state index contributed by atoms with van der Waals surface area (Å²) in [6.45, 7) is 7.71. The van der Waals surface area contributed by atoms with Crippen molar-refractivity contribution in [3.8, 4) is 0 Å². The van der Waals surface area contributed by atoms with E-state index < -0.39 is 11.6 Å². The van der Waals surface area contributed by atoms with E-state index in [0.717, 1.165) is 50.8 Å². The lowest BCUT2D eigenvalue weighted by Crippen LogP contribution is -2.45. The number of likely N-dealkylation sites (tertiary alicyclic amines) is 1. The quantitative estimate of drug-likeness (QED) is 0.501. The fraction of sp³-hybridized carbons (Fsp3) is 0.636.